The molecular formula is C31H48O5. The lowest BCUT2D eigenvalue weighted by molar-refractivity contribution is -0.157. The first-order valence-corrected chi connectivity index (χ1v) is 14.8. The molecule has 202 valence electrons. The van der Waals surface area contributed by atoms with Crippen LogP contribution in [0.25, 0.3) is 0 Å². The average Bonchev–Trinajstić information content (AvgIpc) is 3.15. The third-order valence-corrected chi connectivity index (χ3v) is 10.2. The van der Waals surface area contributed by atoms with E-state index in [1.54, 1.807) is 6.92 Å². The van der Waals surface area contributed by atoms with Gasteiger partial charge >= 0.3 is 11.9 Å². The molecule has 0 bridgehead atoms. The number of allylic oxidation sites excluding steroid dienone is 1. The molecule has 0 aromatic rings. The number of esters is 2. The molecule has 0 spiro atoms. The molecule has 3 saturated carbocycles. The number of hydrogen-bond donors (Lipinski definition) is 0. The molecule has 4 aliphatic carbocycles. The summed E-state index contributed by atoms with van der Waals surface area (Å²) < 4.78 is 10.9. The van der Waals surface area contributed by atoms with Crippen molar-refractivity contribution in [3.8, 4) is 0 Å². The third-order valence-electron chi connectivity index (χ3n) is 10.2. The van der Waals surface area contributed by atoms with Gasteiger partial charge in [0.15, 0.2) is 5.78 Å². The molecule has 0 heterocycles. The summed E-state index contributed by atoms with van der Waals surface area (Å²) in [6.07, 6.45) is 19.2. The first-order valence-electron chi connectivity index (χ1n) is 14.8. The van der Waals surface area contributed by atoms with Crippen LogP contribution in [-0.2, 0) is 23.9 Å². The Kier molecular flexibility index (Phi) is 9.33. The number of carbonyl (C=O) groups excluding carboxylic acids is 3. The number of fused-ring (bicyclic) bond motifs is 5. The normalized spacial score (nSPS) is 35.3. The van der Waals surface area contributed by atoms with E-state index in [9.17, 15) is 14.4 Å². The number of carbonyl (C=O) groups is 3. The molecule has 4 rings (SSSR count). The molecule has 3 fully saturated rings. The summed E-state index contributed by atoms with van der Waals surface area (Å²) in [5.74, 6) is 3.34. The van der Waals surface area contributed by atoms with Gasteiger partial charge in [0.25, 0.3) is 0 Å². The van der Waals surface area contributed by atoms with E-state index in [1.165, 1.54) is 63.9 Å². The van der Waals surface area contributed by atoms with Crippen molar-refractivity contribution in [3.05, 3.63) is 11.6 Å². The van der Waals surface area contributed by atoms with Crippen LogP contribution < -0.4 is 0 Å². The van der Waals surface area contributed by atoms with Gasteiger partial charge in [0, 0.05) is 25.7 Å². The largest absolute Gasteiger partial charge is 0.466 e. The number of ether oxygens (including phenoxy) is 2. The van der Waals surface area contributed by atoms with Gasteiger partial charge in [-0.3, -0.25) is 14.4 Å². The lowest BCUT2D eigenvalue weighted by Crippen LogP contribution is -2.51. The molecule has 0 radical (unpaired) electrons. The topological polar surface area (TPSA) is 69.7 Å². The second-order valence-electron chi connectivity index (χ2n) is 12.5. The molecule has 0 unspecified atom stereocenters. The van der Waals surface area contributed by atoms with Crippen LogP contribution in [0.2, 0.25) is 0 Å². The predicted molar refractivity (Wildman–Crippen MR) is 140 cm³/mol. The maximum atomic E-state index is 12.3. The average molecular weight is 501 g/mol. The van der Waals surface area contributed by atoms with Crippen LogP contribution in [-0.4, -0.2) is 30.4 Å². The molecule has 0 N–H and O–H groups in total. The van der Waals surface area contributed by atoms with E-state index in [0.717, 1.165) is 44.9 Å². The number of unbranched alkanes of at least 4 members (excludes halogenated alkanes) is 6. The fraction of sp³-hybridized carbons (Fsp3) is 0.839. The summed E-state index contributed by atoms with van der Waals surface area (Å²) in [7, 11) is 0. The molecule has 36 heavy (non-hydrogen) atoms. The van der Waals surface area contributed by atoms with Crippen molar-refractivity contribution in [1.29, 1.82) is 0 Å². The van der Waals surface area contributed by atoms with Crippen molar-refractivity contribution in [2.45, 2.75) is 123 Å². The highest BCUT2D eigenvalue weighted by atomic mass is 16.5. The molecule has 5 nitrogen and oxygen atoms in total. The first kappa shape index (κ1) is 27.4. The Morgan fingerprint density at radius 1 is 0.944 bits per heavy atom. The molecule has 0 saturated heterocycles. The SMILES string of the molecule is CC(=O)OCCCCCCCCC[C@@H]1CC2=CC(=O)CC[C@@H]2[C@H]2CC[C@]3(C)[C@@H](OC(C)=O)CC[C@H]3[C@H]12. The van der Waals surface area contributed by atoms with Gasteiger partial charge in [0.05, 0.1) is 6.61 Å². The van der Waals surface area contributed by atoms with Gasteiger partial charge in [-0.15, -0.1) is 0 Å². The zero-order chi connectivity index (χ0) is 25.7. The summed E-state index contributed by atoms with van der Waals surface area (Å²) in [6, 6.07) is 0. The molecule has 0 amide bonds. The van der Waals surface area contributed by atoms with Crippen LogP contribution in [0.5, 0.6) is 0 Å². The molecular weight excluding hydrogens is 452 g/mol. The van der Waals surface area contributed by atoms with Crippen LogP contribution in [0.15, 0.2) is 11.6 Å². The van der Waals surface area contributed by atoms with E-state index >= 15 is 0 Å². The second-order valence-corrected chi connectivity index (χ2v) is 12.5. The van der Waals surface area contributed by atoms with Gasteiger partial charge < -0.3 is 9.47 Å². The Labute approximate surface area is 218 Å². The summed E-state index contributed by atoms with van der Waals surface area (Å²) in [5.41, 5.74) is 1.58. The Morgan fingerprint density at radius 2 is 1.67 bits per heavy atom. The van der Waals surface area contributed by atoms with Crippen molar-refractivity contribution >= 4 is 17.7 Å². The van der Waals surface area contributed by atoms with E-state index in [1.807, 2.05) is 6.08 Å². The van der Waals surface area contributed by atoms with Crippen molar-refractivity contribution in [2.24, 2.45) is 35.0 Å². The monoisotopic (exact) mass is 500 g/mol. The second kappa shape index (κ2) is 12.3. The summed E-state index contributed by atoms with van der Waals surface area (Å²) in [6.45, 7) is 5.98. The highest BCUT2D eigenvalue weighted by Gasteiger charge is 2.59. The molecule has 4 aliphatic rings. The quantitative estimate of drug-likeness (QED) is 0.226. The predicted octanol–water partition coefficient (Wildman–Crippen LogP) is 6.97. The van der Waals surface area contributed by atoms with Crippen LogP contribution in [0.1, 0.15) is 117 Å². The van der Waals surface area contributed by atoms with Crippen LogP contribution in [0.3, 0.4) is 0 Å². The van der Waals surface area contributed by atoms with Crippen molar-refractivity contribution in [2.75, 3.05) is 6.61 Å². The van der Waals surface area contributed by atoms with Crippen molar-refractivity contribution < 1.29 is 23.9 Å². The fourth-order valence-electron chi connectivity index (χ4n) is 8.63. The fourth-order valence-corrected chi connectivity index (χ4v) is 8.63. The van der Waals surface area contributed by atoms with E-state index in [2.05, 4.69) is 6.92 Å². The van der Waals surface area contributed by atoms with Crippen molar-refractivity contribution in [3.63, 3.8) is 0 Å². The van der Waals surface area contributed by atoms with E-state index in [4.69, 9.17) is 9.47 Å². The standard InChI is InChI=1S/C31H48O5/c1-21(32)35-18-10-8-6-4-5-7-9-11-23-19-24-20-25(34)12-13-26(24)27-16-17-31(3)28(30(23)27)14-15-29(31)36-22(2)33/h20,23,26-30H,4-19H2,1-3H3/t23-,26+,27-,28+,29+,30-,31+/m1/s1. The highest BCUT2D eigenvalue weighted by molar-refractivity contribution is 5.91. The van der Waals surface area contributed by atoms with Crippen LogP contribution >= 0.6 is 0 Å². The summed E-state index contributed by atoms with van der Waals surface area (Å²) in [4.78, 5) is 34.9. The zero-order valence-electron chi connectivity index (χ0n) is 22.9. The van der Waals surface area contributed by atoms with Gasteiger partial charge in [0.2, 0.25) is 0 Å². The molecule has 0 aromatic carbocycles. The highest BCUT2D eigenvalue weighted by Crippen LogP contribution is 2.64. The van der Waals surface area contributed by atoms with Crippen LogP contribution in [0.4, 0.5) is 0 Å². The van der Waals surface area contributed by atoms with Gasteiger partial charge in [-0.2, -0.15) is 0 Å². The molecule has 5 heteroatoms. The number of hydrogen-bond acceptors (Lipinski definition) is 5. The zero-order valence-corrected chi connectivity index (χ0v) is 22.9. The van der Waals surface area contributed by atoms with E-state index < -0.39 is 0 Å². The Balaban J connectivity index is 1.34. The molecule has 0 aromatic heterocycles. The van der Waals surface area contributed by atoms with Crippen LogP contribution in [0, 0.1) is 35.0 Å². The first-order chi connectivity index (χ1) is 17.3. The van der Waals surface area contributed by atoms with E-state index in [-0.39, 0.29) is 23.5 Å². The lowest BCUT2D eigenvalue weighted by Gasteiger charge is -2.56. The Hall–Kier alpha value is -1.65. The summed E-state index contributed by atoms with van der Waals surface area (Å²) >= 11 is 0. The smallest absolute Gasteiger partial charge is 0.302 e. The molecule has 7 atom stereocenters. The maximum Gasteiger partial charge on any atom is 0.302 e. The van der Waals surface area contributed by atoms with Gasteiger partial charge in [-0.05, 0) is 87.0 Å². The van der Waals surface area contributed by atoms with E-state index in [0.29, 0.717) is 42.0 Å². The maximum absolute atomic E-state index is 12.3. The Bertz CT molecular complexity index is 831. The number of rotatable bonds is 11. The van der Waals surface area contributed by atoms with Crippen molar-refractivity contribution in [1.82, 2.24) is 0 Å². The minimum atomic E-state index is -0.183. The minimum absolute atomic E-state index is 0.0762. The lowest BCUT2D eigenvalue weighted by atomic mass is 9.49. The van der Waals surface area contributed by atoms with Gasteiger partial charge in [-0.25, -0.2) is 0 Å². The minimum Gasteiger partial charge on any atom is -0.466 e. The number of ketones is 1. The Morgan fingerprint density at radius 3 is 2.39 bits per heavy atom. The van der Waals surface area contributed by atoms with Gasteiger partial charge in [0.1, 0.15) is 6.10 Å². The summed E-state index contributed by atoms with van der Waals surface area (Å²) in [5, 5.41) is 0. The third kappa shape index (κ3) is 6.25. The van der Waals surface area contributed by atoms with Gasteiger partial charge in [-0.1, -0.05) is 51.0 Å². The molecule has 0 aliphatic heterocycles.